The molecule has 2 rings (SSSR count). The van der Waals surface area contributed by atoms with Crippen molar-refractivity contribution in [2.75, 3.05) is 0 Å². The number of hydrogen-bond acceptors (Lipinski definition) is 4. The van der Waals surface area contributed by atoms with E-state index in [0.29, 0.717) is 4.67 Å². The zero-order chi connectivity index (χ0) is 10.8. The smallest absolute Gasteiger partial charge is 0.169 e. The molecule has 15 heavy (non-hydrogen) atoms. The molecule has 0 aromatic carbocycles. The van der Waals surface area contributed by atoms with E-state index in [1.54, 1.807) is 4.68 Å². The molecular weight excluding hydrogens is 260 g/mol. The van der Waals surface area contributed by atoms with Gasteiger partial charge in [-0.3, -0.25) is 10.5 Å². The highest BCUT2D eigenvalue weighted by atomic mass is 79.9. The van der Waals surface area contributed by atoms with Gasteiger partial charge in [-0.2, -0.15) is 5.10 Å². The van der Waals surface area contributed by atoms with Gasteiger partial charge in [0.25, 0.3) is 0 Å². The van der Waals surface area contributed by atoms with Crippen LogP contribution in [0, 0.1) is 0 Å². The van der Waals surface area contributed by atoms with E-state index in [1.165, 1.54) is 0 Å². The zero-order valence-corrected chi connectivity index (χ0v) is 9.73. The molecule has 2 aromatic rings. The van der Waals surface area contributed by atoms with Crippen LogP contribution in [0.15, 0.2) is 33.5 Å². The van der Waals surface area contributed by atoms with Crippen molar-refractivity contribution in [3.63, 3.8) is 0 Å². The van der Waals surface area contributed by atoms with Crippen molar-refractivity contribution in [2.24, 2.45) is 12.9 Å². The largest absolute Gasteiger partial charge is 0.452 e. The lowest BCUT2D eigenvalue weighted by Gasteiger charge is -2.09. The normalized spacial score (nSPS) is 13.0. The lowest BCUT2D eigenvalue weighted by molar-refractivity contribution is 0.431. The van der Waals surface area contributed by atoms with Gasteiger partial charge in [0.2, 0.25) is 0 Å². The first-order valence-corrected chi connectivity index (χ1v) is 5.21. The zero-order valence-electron chi connectivity index (χ0n) is 8.14. The Labute approximate surface area is 95.3 Å². The number of nitrogens with zero attached hydrogens (tertiary/aromatic N) is 2. The average Bonchev–Trinajstić information content (AvgIpc) is 2.78. The predicted molar refractivity (Wildman–Crippen MR) is 58.8 cm³/mol. The summed E-state index contributed by atoms with van der Waals surface area (Å²) in [7, 11) is 1.86. The summed E-state index contributed by atoms with van der Waals surface area (Å²) in [6, 6.07) is 5.34. The minimum Gasteiger partial charge on any atom is -0.452 e. The predicted octanol–water partition coefficient (Wildman–Crippen LogP) is 1.33. The quantitative estimate of drug-likeness (QED) is 0.652. The molecule has 0 aliphatic carbocycles. The molecule has 1 atom stereocenters. The molecule has 1 unspecified atom stereocenters. The first-order chi connectivity index (χ1) is 7.20. The number of hydrazine groups is 1. The maximum atomic E-state index is 5.48. The SMILES string of the molecule is Cn1ccc(C(NN)c2ccc(Br)o2)n1. The number of rotatable bonds is 3. The Morgan fingerprint density at radius 2 is 2.33 bits per heavy atom. The second kappa shape index (κ2) is 4.18. The molecule has 2 heterocycles. The number of aryl methyl sites for hydroxylation is 1. The fourth-order valence-corrected chi connectivity index (χ4v) is 1.70. The van der Waals surface area contributed by atoms with Crippen molar-refractivity contribution in [2.45, 2.75) is 6.04 Å². The highest BCUT2D eigenvalue weighted by Gasteiger charge is 2.18. The van der Waals surface area contributed by atoms with Crippen molar-refractivity contribution in [1.82, 2.24) is 15.2 Å². The van der Waals surface area contributed by atoms with Crippen LogP contribution in [0.5, 0.6) is 0 Å². The van der Waals surface area contributed by atoms with Crippen LogP contribution in [0.25, 0.3) is 0 Å². The Morgan fingerprint density at radius 1 is 1.53 bits per heavy atom. The highest BCUT2D eigenvalue weighted by Crippen LogP contribution is 2.24. The Bertz CT molecular complexity index is 410. The molecule has 0 spiro atoms. The van der Waals surface area contributed by atoms with E-state index in [4.69, 9.17) is 10.3 Å². The number of hydrogen-bond donors (Lipinski definition) is 2. The lowest BCUT2D eigenvalue weighted by atomic mass is 10.2. The summed E-state index contributed by atoms with van der Waals surface area (Å²) in [4.78, 5) is 0. The molecule has 0 aliphatic rings. The van der Waals surface area contributed by atoms with Crippen molar-refractivity contribution in [1.29, 1.82) is 0 Å². The van der Waals surface area contributed by atoms with Gasteiger partial charge < -0.3 is 4.42 Å². The van der Waals surface area contributed by atoms with Crippen LogP contribution in [0.4, 0.5) is 0 Å². The van der Waals surface area contributed by atoms with Gasteiger partial charge in [-0.1, -0.05) is 0 Å². The van der Waals surface area contributed by atoms with Crippen LogP contribution in [0.2, 0.25) is 0 Å². The molecule has 6 heteroatoms. The molecule has 5 nitrogen and oxygen atoms in total. The number of aromatic nitrogens is 2. The monoisotopic (exact) mass is 270 g/mol. The van der Waals surface area contributed by atoms with Crippen LogP contribution >= 0.6 is 15.9 Å². The van der Waals surface area contributed by atoms with Gasteiger partial charge in [0.05, 0.1) is 5.69 Å². The fourth-order valence-electron chi connectivity index (χ4n) is 1.38. The van der Waals surface area contributed by atoms with Gasteiger partial charge in [0.15, 0.2) is 4.67 Å². The Morgan fingerprint density at radius 3 is 2.80 bits per heavy atom. The van der Waals surface area contributed by atoms with Gasteiger partial charge in [0.1, 0.15) is 11.8 Å². The van der Waals surface area contributed by atoms with Crippen molar-refractivity contribution < 1.29 is 4.42 Å². The minimum atomic E-state index is -0.225. The second-order valence-corrected chi connectivity index (χ2v) is 3.94. The van der Waals surface area contributed by atoms with E-state index in [-0.39, 0.29) is 6.04 Å². The fraction of sp³-hybridized carbons (Fsp3) is 0.222. The number of halogens is 1. The molecular formula is C9H11BrN4O. The summed E-state index contributed by atoms with van der Waals surface area (Å²) in [5.41, 5.74) is 3.49. The third-order valence-corrected chi connectivity index (χ3v) is 2.50. The van der Waals surface area contributed by atoms with Gasteiger partial charge in [-0.25, -0.2) is 5.43 Å². The van der Waals surface area contributed by atoms with E-state index < -0.39 is 0 Å². The van der Waals surface area contributed by atoms with Crippen LogP contribution in [-0.2, 0) is 7.05 Å². The second-order valence-electron chi connectivity index (χ2n) is 3.16. The summed E-state index contributed by atoms with van der Waals surface area (Å²) in [6.45, 7) is 0. The Hall–Kier alpha value is -1.11. The topological polar surface area (TPSA) is 69.0 Å². The Balaban J connectivity index is 2.32. The summed E-state index contributed by atoms with van der Waals surface area (Å²) >= 11 is 3.25. The summed E-state index contributed by atoms with van der Waals surface area (Å²) in [5.74, 6) is 6.21. The lowest BCUT2D eigenvalue weighted by Crippen LogP contribution is -2.28. The Kier molecular flexibility index (Phi) is 2.90. The molecule has 80 valence electrons. The van der Waals surface area contributed by atoms with Crippen molar-refractivity contribution in [3.05, 3.63) is 40.5 Å². The summed E-state index contributed by atoms with van der Waals surface area (Å²) < 4.78 is 7.82. The van der Waals surface area contributed by atoms with Crippen LogP contribution in [-0.4, -0.2) is 9.78 Å². The first kappa shape index (κ1) is 10.4. The summed E-state index contributed by atoms with van der Waals surface area (Å²) in [6.07, 6.45) is 1.86. The van der Waals surface area contributed by atoms with Gasteiger partial charge in [0, 0.05) is 13.2 Å². The standard InChI is InChI=1S/C9H11BrN4O/c1-14-5-4-6(13-14)9(12-11)7-2-3-8(10)15-7/h2-5,9,12H,11H2,1H3. The van der Waals surface area contributed by atoms with Crippen LogP contribution < -0.4 is 11.3 Å². The van der Waals surface area contributed by atoms with E-state index in [0.717, 1.165) is 11.5 Å². The number of furan rings is 1. The third kappa shape index (κ3) is 2.11. The number of nitrogens with one attached hydrogen (secondary N) is 1. The molecule has 0 bridgehead atoms. The highest BCUT2D eigenvalue weighted by molar-refractivity contribution is 9.10. The first-order valence-electron chi connectivity index (χ1n) is 4.41. The van der Waals surface area contributed by atoms with Gasteiger partial charge >= 0.3 is 0 Å². The minimum absolute atomic E-state index is 0.225. The molecule has 0 fully saturated rings. The van der Waals surface area contributed by atoms with E-state index in [2.05, 4.69) is 26.5 Å². The molecule has 3 N–H and O–H groups in total. The molecule has 0 radical (unpaired) electrons. The van der Waals surface area contributed by atoms with E-state index in [9.17, 15) is 0 Å². The summed E-state index contributed by atoms with van der Waals surface area (Å²) in [5, 5.41) is 4.27. The molecule has 0 amide bonds. The number of nitrogens with two attached hydrogens (primary N) is 1. The third-order valence-electron chi connectivity index (χ3n) is 2.08. The maximum Gasteiger partial charge on any atom is 0.169 e. The molecule has 2 aromatic heterocycles. The average molecular weight is 271 g/mol. The molecule has 0 saturated heterocycles. The van der Waals surface area contributed by atoms with Crippen molar-refractivity contribution in [3.8, 4) is 0 Å². The van der Waals surface area contributed by atoms with E-state index >= 15 is 0 Å². The van der Waals surface area contributed by atoms with E-state index in [1.807, 2.05) is 31.4 Å². The molecule has 0 saturated carbocycles. The van der Waals surface area contributed by atoms with Crippen LogP contribution in [0.1, 0.15) is 17.5 Å². The van der Waals surface area contributed by atoms with Gasteiger partial charge in [-0.05, 0) is 34.1 Å². The van der Waals surface area contributed by atoms with Crippen LogP contribution in [0.3, 0.4) is 0 Å². The molecule has 0 aliphatic heterocycles. The van der Waals surface area contributed by atoms with Gasteiger partial charge in [-0.15, -0.1) is 0 Å². The van der Waals surface area contributed by atoms with Crippen molar-refractivity contribution >= 4 is 15.9 Å². The maximum absolute atomic E-state index is 5.48.